The number of amides is 3. The number of hydrogen-bond donors (Lipinski definition) is 3. The lowest BCUT2D eigenvalue weighted by Crippen LogP contribution is -2.30. The molecule has 3 amide bonds. The van der Waals surface area contributed by atoms with Gasteiger partial charge in [-0.3, -0.25) is 14.4 Å². The highest BCUT2D eigenvalue weighted by atomic mass is 35.5. The molecule has 0 heterocycles. The van der Waals surface area contributed by atoms with Crippen LogP contribution in [0.25, 0.3) is 6.08 Å². The van der Waals surface area contributed by atoms with Gasteiger partial charge in [0, 0.05) is 21.7 Å². The van der Waals surface area contributed by atoms with Crippen molar-refractivity contribution in [3.8, 4) is 5.75 Å². The first-order chi connectivity index (χ1) is 19.4. The fourth-order valence-electron chi connectivity index (χ4n) is 3.61. The minimum absolute atomic E-state index is 0.0491. The van der Waals surface area contributed by atoms with E-state index in [0.29, 0.717) is 33.3 Å². The number of methoxy groups -OCH3 is 1. The molecule has 4 aromatic rings. The van der Waals surface area contributed by atoms with Crippen molar-refractivity contribution in [1.29, 1.82) is 0 Å². The standard InChI is InChI=1S/C31H26ClN3O4S/c1-39-28-14-8-5-11-22(28)19-27(35-30(37)21-9-3-2-4-10-21)31(38)33-23-15-17-24(18-16-23)40-20-29(36)34-26-13-7-6-12-25(26)32/h2-19H,20H2,1H3,(H,33,38)(H,34,36)(H,35,37)/b27-19-. The maximum atomic E-state index is 13.3. The van der Waals surface area contributed by atoms with E-state index < -0.39 is 11.8 Å². The van der Waals surface area contributed by atoms with Gasteiger partial charge in [-0.05, 0) is 60.7 Å². The molecular weight excluding hydrogens is 546 g/mol. The fourth-order valence-corrected chi connectivity index (χ4v) is 4.50. The number of anilines is 2. The first-order valence-corrected chi connectivity index (χ1v) is 13.6. The third kappa shape index (κ3) is 7.99. The van der Waals surface area contributed by atoms with E-state index in [-0.39, 0.29) is 17.4 Å². The lowest BCUT2D eigenvalue weighted by atomic mass is 10.1. The molecule has 0 unspecified atom stereocenters. The van der Waals surface area contributed by atoms with Crippen LogP contribution >= 0.6 is 23.4 Å². The summed E-state index contributed by atoms with van der Waals surface area (Å²) in [5.41, 5.74) is 2.18. The van der Waals surface area contributed by atoms with E-state index in [4.69, 9.17) is 16.3 Å². The summed E-state index contributed by atoms with van der Waals surface area (Å²) in [4.78, 5) is 39.3. The largest absolute Gasteiger partial charge is 0.496 e. The molecule has 4 aromatic carbocycles. The molecule has 0 radical (unpaired) electrons. The number of rotatable bonds is 10. The molecule has 3 N–H and O–H groups in total. The molecule has 0 spiro atoms. The number of carbonyl (C=O) groups excluding carboxylic acids is 3. The monoisotopic (exact) mass is 571 g/mol. The predicted octanol–water partition coefficient (Wildman–Crippen LogP) is 6.49. The van der Waals surface area contributed by atoms with Gasteiger partial charge in [0.1, 0.15) is 11.4 Å². The van der Waals surface area contributed by atoms with Crippen molar-refractivity contribution in [1.82, 2.24) is 5.32 Å². The maximum Gasteiger partial charge on any atom is 0.272 e. The summed E-state index contributed by atoms with van der Waals surface area (Å²) >= 11 is 7.45. The van der Waals surface area contributed by atoms with Gasteiger partial charge in [0.25, 0.3) is 11.8 Å². The van der Waals surface area contributed by atoms with Crippen molar-refractivity contribution in [2.75, 3.05) is 23.5 Å². The second kappa shape index (κ2) is 14.0. The lowest BCUT2D eigenvalue weighted by Gasteiger charge is -2.13. The number of ether oxygens (including phenoxy) is 1. The van der Waals surface area contributed by atoms with Crippen LogP contribution in [-0.2, 0) is 9.59 Å². The van der Waals surface area contributed by atoms with Gasteiger partial charge in [-0.15, -0.1) is 11.8 Å². The van der Waals surface area contributed by atoms with Gasteiger partial charge in [0.05, 0.1) is 23.6 Å². The Hall–Kier alpha value is -4.53. The van der Waals surface area contributed by atoms with E-state index in [2.05, 4.69) is 16.0 Å². The molecule has 0 aliphatic heterocycles. The van der Waals surface area contributed by atoms with E-state index in [0.717, 1.165) is 4.90 Å². The summed E-state index contributed by atoms with van der Waals surface area (Å²) in [6, 6.07) is 29.9. The van der Waals surface area contributed by atoms with Crippen LogP contribution in [0.1, 0.15) is 15.9 Å². The smallest absolute Gasteiger partial charge is 0.272 e. The third-order valence-corrected chi connectivity index (χ3v) is 6.94. The van der Waals surface area contributed by atoms with Crippen LogP contribution in [0.3, 0.4) is 0 Å². The molecule has 0 bridgehead atoms. The molecule has 0 aliphatic rings. The van der Waals surface area contributed by atoms with Crippen molar-refractivity contribution in [3.63, 3.8) is 0 Å². The van der Waals surface area contributed by atoms with Crippen molar-refractivity contribution in [2.24, 2.45) is 0 Å². The van der Waals surface area contributed by atoms with Gasteiger partial charge in [0.2, 0.25) is 5.91 Å². The average molecular weight is 572 g/mol. The maximum absolute atomic E-state index is 13.3. The van der Waals surface area contributed by atoms with Crippen LogP contribution in [0.4, 0.5) is 11.4 Å². The SMILES string of the molecule is COc1ccccc1/C=C(\NC(=O)c1ccccc1)C(=O)Nc1ccc(SCC(=O)Nc2ccccc2Cl)cc1. The molecule has 0 atom stereocenters. The summed E-state index contributed by atoms with van der Waals surface area (Å²) in [5, 5.41) is 8.80. The van der Waals surface area contributed by atoms with Crippen molar-refractivity contribution < 1.29 is 19.1 Å². The van der Waals surface area contributed by atoms with Gasteiger partial charge in [-0.1, -0.05) is 60.1 Å². The Morgan fingerprint density at radius 2 is 1.50 bits per heavy atom. The molecule has 40 heavy (non-hydrogen) atoms. The summed E-state index contributed by atoms with van der Waals surface area (Å²) in [5.74, 6) is -0.361. The summed E-state index contributed by atoms with van der Waals surface area (Å²) in [6.45, 7) is 0. The minimum atomic E-state index is -0.505. The molecule has 0 aliphatic carbocycles. The van der Waals surface area contributed by atoms with Crippen LogP contribution in [-0.4, -0.2) is 30.6 Å². The molecule has 9 heteroatoms. The second-order valence-electron chi connectivity index (χ2n) is 8.42. The molecule has 0 saturated carbocycles. The lowest BCUT2D eigenvalue weighted by molar-refractivity contribution is -0.114. The zero-order chi connectivity index (χ0) is 28.3. The highest BCUT2D eigenvalue weighted by Crippen LogP contribution is 2.24. The van der Waals surface area contributed by atoms with E-state index in [1.165, 1.54) is 18.9 Å². The van der Waals surface area contributed by atoms with Crippen LogP contribution in [0, 0.1) is 0 Å². The molecule has 0 fully saturated rings. The highest BCUT2D eigenvalue weighted by Gasteiger charge is 2.16. The zero-order valence-electron chi connectivity index (χ0n) is 21.5. The van der Waals surface area contributed by atoms with Gasteiger partial charge < -0.3 is 20.7 Å². The number of thioether (sulfide) groups is 1. The topological polar surface area (TPSA) is 96.5 Å². The first-order valence-electron chi connectivity index (χ1n) is 12.2. The molecule has 0 saturated heterocycles. The number of para-hydroxylation sites is 2. The highest BCUT2D eigenvalue weighted by molar-refractivity contribution is 8.00. The van der Waals surface area contributed by atoms with Gasteiger partial charge >= 0.3 is 0 Å². The Balaban J connectivity index is 1.43. The predicted molar refractivity (Wildman–Crippen MR) is 161 cm³/mol. The summed E-state index contributed by atoms with van der Waals surface area (Å²) in [7, 11) is 1.54. The van der Waals surface area contributed by atoms with Crippen molar-refractivity contribution >= 4 is 58.5 Å². The Morgan fingerprint density at radius 1 is 0.825 bits per heavy atom. The number of benzene rings is 4. The Kier molecular flexibility index (Phi) is 9.99. The molecule has 4 rings (SSSR count). The fraction of sp³-hybridized carbons (Fsp3) is 0.0645. The number of carbonyl (C=O) groups is 3. The van der Waals surface area contributed by atoms with Crippen LogP contribution < -0.4 is 20.7 Å². The molecule has 202 valence electrons. The summed E-state index contributed by atoms with van der Waals surface area (Å²) in [6.07, 6.45) is 1.57. The second-order valence-corrected chi connectivity index (χ2v) is 9.87. The number of hydrogen-bond acceptors (Lipinski definition) is 5. The molecule has 0 aromatic heterocycles. The molecular formula is C31H26ClN3O4S. The van der Waals surface area contributed by atoms with Gasteiger partial charge in [0.15, 0.2) is 0 Å². The average Bonchev–Trinajstić information content (AvgIpc) is 2.98. The third-order valence-electron chi connectivity index (χ3n) is 5.60. The minimum Gasteiger partial charge on any atom is -0.496 e. The van der Waals surface area contributed by atoms with Crippen molar-refractivity contribution in [3.05, 3.63) is 125 Å². The van der Waals surface area contributed by atoms with Gasteiger partial charge in [-0.25, -0.2) is 0 Å². The van der Waals surface area contributed by atoms with Crippen LogP contribution in [0.15, 0.2) is 114 Å². The normalized spacial score (nSPS) is 10.9. The van der Waals surface area contributed by atoms with Crippen LogP contribution in [0.2, 0.25) is 5.02 Å². The quantitative estimate of drug-likeness (QED) is 0.149. The van der Waals surface area contributed by atoms with Gasteiger partial charge in [-0.2, -0.15) is 0 Å². The van der Waals surface area contributed by atoms with E-state index in [1.807, 2.05) is 18.2 Å². The summed E-state index contributed by atoms with van der Waals surface area (Å²) < 4.78 is 5.40. The number of nitrogens with one attached hydrogen (secondary N) is 3. The van der Waals surface area contributed by atoms with Crippen molar-refractivity contribution in [2.45, 2.75) is 4.90 Å². The Bertz CT molecular complexity index is 1530. The molecule has 7 nitrogen and oxygen atoms in total. The van der Waals surface area contributed by atoms with Crippen LogP contribution in [0.5, 0.6) is 5.75 Å². The Labute approximate surface area is 241 Å². The number of halogens is 1. The zero-order valence-corrected chi connectivity index (χ0v) is 23.1. The first kappa shape index (κ1) is 28.5. The Morgan fingerprint density at radius 3 is 2.23 bits per heavy atom. The van der Waals surface area contributed by atoms with E-state index in [1.54, 1.807) is 91.0 Å². The van der Waals surface area contributed by atoms with E-state index >= 15 is 0 Å². The van der Waals surface area contributed by atoms with E-state index in [9.17, 15) is 14.4 Å².